The number of pyridine rings is 1. The maximum absolute atomic E-state index is 11.9. The minimum Gasteiger partial charge on any atom is -0.395 e. The van der Waals surface area contributed by atoms with E-state index in [1.165, 1.54) is 6.07 Å². The van der Waals surface area contributed by atoms with Crippen molar-refractivity contribution in [2.45, 2.75) is 4.90 Å². The number of fused-ring (bicyclic) bond motifs is 1. The average molecular weight is 332 g/mol. The number of sulfonamides is 1. The third-order valence-corrected chi connectivity index (χ3v) is 4.40. The van der Waals surface area contributed by atoms with Crippen LogP contribution in [0.3, 0.4) is 0 Å². The SMILES string of the molecule is NS(=O)(=O)c1ccccc1-c1cc(NCCO)nc2[nH]ccc12. The minimum atomic E-state index is -3.85. The van der Waals surface area contributed by atoms with Gasteiger partial charge in [-0.25, -0.2) is 18.5 Å². The van der Waals surface area contributed by atoms with Crippen LogP contribution in [0.2, 0.25) is 0 Å². The van der Waals surface area contributed by atoms with Crippen molar-refractivity contribution in [3.8, 4) is 11.1 Å². The Bertz CT molecular complexity index is 950. The summed E-state index contributed by atoms with van der Waals surface area (Å²) in [5.41, 5.74) is 1.82. The first-order valence-electron chi connectivity index (χ1n) is 6.96. The van der Waals surface area contributed by atoms with E-state index in [2.05, 4.69) is 15.3 Å². The molecule has 5 N–H and O–H groups in total. The Kier molecular flexibility index (Phi) is 4.03. The maximum Gasteiger partial charge on any atom is 0.238 e. The summed E-state index contributed by atoms with van der Waals surface area (Å²) in [6, 6.07) is 10.1. The lowest BCUT2D eigenvalue weighted by Gasteiger charge is -2.11. The van der Waals surface area contributed by atoms with Crippen LogP contribution in [0.25, 0.3) is 22.2 Å². The van der Waals surface area contributed by atoms with Crippen molar-refractivity contribution in [3.63, 3.8) is 0 Å². The first-order valence-corrected chi connectivity index (χ1v) is 8.50. The lowest BCUT2D eigenvalue weighted by molar-refractivity contribution is 0.311. The summed E-state index contributed by atoms with van der Waals surface area (Å²) < 4.78 is 23.7. The molecule has 7 nitrogen and oxygen atoms in total. The Morgan fingerprint density at radius 3 is 2.74 bits per heavy atom. The average Bonchev–Trinajstić information content (AvgIpc) is 2.99. The molecule has 0 unspecified atom stereocenters. The molecule has 0 saturated carbocycles. The molecule has 0 saturated heterocycles. The van der Waals surface area contributed by atoms with E-state index < -0.39 is 10.0 Å². The Hall–Kier alpha value is -2.42. The van der Waals surface area contributed by atoms with Gasteiger partial charge in [0.15, 0.2) is 0 Å². The molecule has 2 heterocycles. The Morgan fingerprint density at radius 1 is 1.22 bits per heavy atom. The van der Waals surface area contributed by atoms with Gasteiger partial charge in [0.1, 0.15) is 11.5 Å². The van der Waals surface area contributed by atoms with Crippen LogP contribution >= 0.6 is 0 Å². The molecule has 0 spiro atoms. The Labute approximate surface area is 133 Å². The van der Waals surface area contributed by atoms with Crippen LogP contribution in [0.4, 0.5) is 5.82 Å². The van der Waals surface area contributed by atoms with E-state index in [-0.39, 0.29) is 11.5 Å². The summed E-state index contributed by atoms with van der Waals surface area (Å²) in [6.07, 6.45) is 1.73. The minimum absolute atomic E-state index is 0.0342. The fourth-order valence-corrected chi connectivity index (χ4v) is 3.23. The predicted molar refractivity (Wildman–Crippen MR) is 88.5 cm³/mol. The van der Waals surface area contributed by atoms with E-state index in [0.29, 0.717) is 29.1 Å². The van der Waals surface area contributed by atoms with Gasteiger partial charge in [0.05, 0.1) is 11.5 Å². The number of hydrogen-bond donors (Lipinski definition) is 4. The molecule has 0 bridgehead atoms. The first kappa shape index (κ1) is 15.5. The predicted octanol–water partition coefficient (Wildman–Crippen LogP) is 1.28. The number of nitrogens with zero attached hydrogens (tertiary/aromatic N) is 1. The highest BCUT2D eigenvalue weighted by Crippen LogP contribution is 2.33. The van der Waals surface area contributed by atoms with Gasteiger partial charge in [-0.2, -0.15) is 0 Å². The van der Waals surface area contributed by atoms with Crippen LogP contribution < -0.4 is 10.5 Å². The highest BCUT2D eigenvalue weighted by molar-refractivity contribution is 7.89. The first-order chi connectivity index (χ1) is 11.0. The molecule has 0 aliphatic carbocycles. The van der Waals surface area contributed by atoms with Gasteiger partial charge >= 0.3 is 0 Å². The monoisotopic (exact) mass is 332 g/mol. The van der Waals surface area contributed by atoms with Crippen LogP contribution in [0, 0.1) is 0 Å². The van der Waals surface area contributed by atoms with Gasteiger partial charge in [-0.3, -0.25) is 0 Å². The van der Waals surface area contributed by atoms with E-state index in [4.69, 9.17) is 10.2 Å². The maximum atomic E-state index is 11.9. The molecule has 8 heteroatoms. The highest BCUT2D eigenvalue weighted by atomic mass is 32.2. The second-order valence-corrected chi connectivity index (χ2v) is 6.52. The molecule has 0 radical (unpaired) electrons. The highest BCUT2D eigenvalue weighted by Gasteiger charge is 2.17. The van der Waals surface area contributed by atoms with Crippen molar-refractivity contribution < 1.29 is 13.5 Å². The number of hydrogen-bond acceptors (Lipinski definition) is 5. The van der Waals surface area contributed by atoms with E-state index in [0.717, 1.165) is 5.39 Å². The largest absolute Gasteiger partial charge is 0.395 e. The molecule has 0 aliphatic heterocycles. The van der Waals surface area contributed by atoms with Crippen molar-refractivity contribution in [2.75, 3.05) is 18.5 Å². The zero-order valence-corrected chi connectivity index (χ0v) is 13.0. The number of aromatic amines is 1. The molecule has 0 fully saturated rings. The second kappa shape index (κ2) is 5.99. The lowest BCUT2D eigenvalue weighted by atomic mass is 10.0. The molecular weight excluding hydrogens is 316 g/mol. The Balaban J connectivity index is 2.26. The van der Waals surface area contributed by atoms with Crippen LogP contribution in [0.5, 0.6) is 0 Å². The van der Waals surface area contributed by atoms with Gasteiger partial charge in [-0.05, 0) is 23.8 Å². The third kappa shape index (κ3) is 3.04. The molecule has 23 heavy (non-hydrogen) atoms. The molecule has 1 aromatic carbocycles. The fourth-order valence-electron chi connectivity index (χ4n) is 2.47. The molecule has 0 atom stereocenters. The molecule has 0 aliphatic rings. The fraction of sp³-hybridized carbons (Fsp3) is 0.133. The quantitative estimate of drug-likeness (QED) is 0.561. The van der Waals surface area contributed by atoms with Gasteiger partial charge in [-0.15, -0.1) is 0 Å². The van der Waals surface area contributed by atoms with Gasteiger partial charge in [0.2, 0.25) is 10.0 Å². The summed E-state index contributed by atoms with van der Waals surface area (Å²) in [4.78, 5) is 7.46. The normalized spacial score (nSPS) is 11.7. The number of aliphatic hydroxyl groups excluding tert-OH is 1. The molecule has 2 aromatic heterocycles. The lowest BCUT2D eigenvalue weighted by Crippen LogP contribution is -2.13. The summed E-state index contributed by atoms with van der Waals surface area (Å²) in [7, 11) is -3.85. The van der Waals surface area contributed by atoms with Gasteiger partial charge in [0, 0.05) is 23.7 Å². The number of nitrogens with two attached hydrogens (primary N) is 1. The van der Waals surface area contributed by atoms with Gasteiger partial charge in [0.25, 0.3) is 0 Å². The van der Waals surface area contributed by atoms with Crippen LogP contribution in [-0.4, -0.2) is 36.6 Å². The molecule has 3 rings (SSSR count). The van der Waals surface area contributed by atoms with Crippen LogP contribution in [0.1, 0.15) is 0 Å². The standard InChI is InChI=1S/C15H16N4O3S/c16-23(21,22)13-4-2-1-3-10(13)12-9-14(17-7-8-20)19-15-11(12)5-6-18-15/h1-6,9,20H,7-8H2,(H2,16,21,22)(H2,17,18,19). The number of benzene rings is 1. The van der Waals surface area contributed by atoms with Gasteiger partial charge < -0.3 is 15.4 Å². The number of aromatic nitrogens is 2. The summed E-state index contributed by atoms with van der Waals surface area (Å²) in [6.45, 7) is 0.309. The number of aliphatic hydroxyl groups is 1. The zero-order chi connectivity index (χ0) is 16.4. The zero-order valence-electron chi connectivity index (χ0n) is 12.2. The van der Waals surface area contributed by atoms with Crippen molar-refractivity contribution in [1.82, 2.24) is 9.97 Å². The number of nitrogens with one attached hydrogen (secondary N) is 2. The summed E-state index contributed by atoms with van der Waals surface area (Å²) >= 11 is 0. The van der Waals surface area contributed by atoms with Crippen molar-refractivity contribution in [3.05, 3.63) is 42.6 Å². The number of rotatable bonds is 5. The molecular formula is C15H16N4O3S. The van der Waals surface area contributed by atoms with Crippen LogP contribution in [-0.2, 0) is 10.0 Å². The Morgan fingerprint density at radius 2 is 2.00 bits per heavy atom. The second-order valence-electron chi connectivity index (χ2n) is 4.99. The van der Waals surface area contributed by atoms with Gasteiger partial charge in [-0.1, -0.05) is 18.2 Å². The van der Waals surface area contributed by atoms with E-state index in [1.54, 1.807) is 30.5 Å². The molecule has 120 valence electrons. The summed E-state index contributed by atoms with van der Waals surface area (Å²) in [5, 5.41) is 18.0. The number of H-pyrrole nitrogens is 1. The number of primary sulfonamides is 1. The van der Waals surface area contributed by atoms with E-state index in [9.17, 15) is 8.42 Å². The third-order valence-electron chi connectivity index (χ3n) is 3.43. The van der Waals surface area contributed by atoms with Crippen molar-refractivity contribution in [1.29, 1.82) is 0 Å². The van der Waals surface area contributed by atoms with Crippen LogP contribution in [0.15, 0.2) is 47.5 Å². The summed E-state index contributed by atoms with van der Waals surface area (Å²) in [5.74, 6) is 0.535. The topological polar surface area (TPSA) is 121 Å². The smallest absolute Gasteiger partial charge is 0.238 e. The molecule has 3 aromatic rings. The number of anilines is 1. The van der Waals surface area contributed by atoms with E-state index >= 15 is 0 Å². The molecule has 0 amide bonds. The van der Waals surface area contributed by atoms with Crippen molar-refractivity contribution in [2.24, 2.45) is 5.14 Å². The van der Waals surface area contributed by atoms with E-state index in [1.807, 2.05) is 6.07 Å². The van der Waals surface area contributed by atoms with Crippen molar-refractivity contribution >= 4 is 26.9 Å².